The van der Waals surface area contributed by atoms with Crippen molar-refractivity contribution in [1.82, 2.24) is 0 Å². The number of hydrogen-bond acceptors (Lipinski definition) is 0. The molecule has 0 N–H and O–H groups in total. The van der Waals surface area contributed by atoms with Gasteiger partial charge in [0.15, 0.2) is 0 Å². The maximum Gasteiger partial charge on any atom is 0.137 e. The van der Waals surface area contributed by atoms with Gasteiger partial charge in [-0.15, -0.1) is 0 Å². The molecule has 43 valence electrons. The molecule has 8 heavy (non-hydrogen) atoms. The highest BCUT2D eigenvalue weighted by Gasteiger charge is 2.01. The van der Waals surface area contributed by atoms with Gasteiger partial charge < -0.3 is 0 Å². The fourth-order valence-electron chi connectivity index (χ4n) is 0.607. The summed E-state index contributed by atoms with van der Waals surface area (Å²) < 4.78 is 12.2. The first kappa shape index (κ1) is 5.54. The lowest BCUT2D eigenvalue weighted by molar-refractivity contribution is 0.466. The van der Waals surface area contributed by atoms with Gasteiger partial charge in [-0.2, -0.15) is 0 Å². The van der Waals surface area contributed by atoms with Crippen LogP contribution >= 0.6 is 0 Å². The molecule has 0 amide bonds. The van der Waals surface area contributed by atoms with E-state index in [1.54, 1.807) is 12.2 Å². The lowest BCUT2D eigenvalue weighted by Gasteiger charge is -2.03. The van der Waals surface area contributed by atoms with Crippen LogP contribution in [0.3, 0.4) is 0 Å². The molecule has 0 atom stereocenters. The number of alkyl halides is 1. The molecule has 0 nitrogen and oxygen atoms in total. The van der Waals surface area contributed by atoms with Gasteiger partial charge in [-0.05, 0) is 12.2 Å². The third kappa shape index (κ3) is 1.19. The van der Waals surface area contributed by atoms with E-state index in [0.29, 0.717) is 0 Å². The van der Waals surface area contributed by atoms with Crippen molar-refractivity contribution in [3.8, 4) is 0 Å². The first-order valence-corrected chi connectivity index (χ1v) is 2.63. The highest BCUT2D eigenvalue weighted by molar-refractivity contribution is 5.28. The van der Waals surface area contributed by atoms with Gasteiger partial charge in [0.05, 0.1) is 0 Å². The molecule has 0 aromatic rings. The third-order valence-corrected chi connectivity index (χ3v) is 1.09. The number of halogens is 1. The SMILES string of the molecule is C[C]1C=CC(F)C=C1. The predicted molar refractivity (Wildman–Crippen MR) is 32.1 cm³/mol. The minimum absolute atomic E-state index is 0.862. The van der Waals surface area contributed by atoms with E-state index in [4.69, 9.17) is 0 Å². The van der Waals surface area contributed by atoms with E-state index in [9.17, 15) is 4.39 Å². The summed E-state index contributed by atoms with van der Waals surface area (Å²) >= 11 is 0. The molecule has 0 bridgehead atoms. The van der Waals surface area contributed by atoms with Crippen LogP contribution in [0, 0.1) is 5.92 Å². The molecule has 0 aromatic carbocycles. The zero-order valence-electron chi connectivity index (χ0n) is 4.76. The van der Waals surface area contributed by atoms with Crippen molar-refractivity contribution in [3.05, 3.63) is 30.2 Å². The Kier molecular flexibility index (Phi) is 1.47. The second-order valence-electron chi connectivity index (χ2n) is 1.91. The van der Waals surface area contributed by atoms with E-state index in [2.05, 4.69) is 0 Å². The third-order valence-electron chi connectivity index (χ3n) is 1.09. The van der Waals surface area contributed by atoms with Gasteiger partial charge in [0.1, 0.15) is 6.17 Å². The zero-order valence-corrected chi connectivity index (χ0v) is 4.76. The fourth-order valence-corrected chi connectivity index (χ4v) is 0.607. The first-order valence-electron chi connectivity index (χ1n) is 2.63. The smallest absolute Gasteiger partial charge is 0.137 e. The molecule has 1 aliphatic rings. The average molecular weight is 111 g/mol. The van der Waals surface area contributed by atoms with Gasteiger partial charge in [0.25, 0.3) is 0 Å². The van der Waals surface area contributed by atoms with Crippen LogP contribution < -0.4 is 0 Å². The minimum Gasteiger partial charge on any atom is -0.238 e. The summed E-state index contributed by atoms with van der Waals surface area (Å²) in [5, 5.41) is 0. The molecule has 1 rings (SSSR count). The Hall–Kier alpha value is -0.590. The Morgan fingerprint density at radius 1 is 1.38 bits per heavy atom. The molecule has 1 radical (unpaired) electrons. The average Bonchev–Trinajstić information content (AvgIpc) is 1.77. The van der Waals surface area contributed by atoms with E-state index >= 15 is 0 Å². The van der Waals surface area contributed by atoms with Crippen molar-refractivity contribution < 1.29 is 4.39 Å². The monoisotopic (exact) mass is 111 g/mol. The molecule has 0 aromatic heterocycles. The van der Waals surface area contributed by atoms with Gasteiger partial charge >= 0.3 is 0 Å². The Morgan fingerprint density at radius 3 is 2.25 bits per heavy atom. The van der Waals surface area contributed by atoms with E-state index in [1.807, 2.05) is 6.92 Å². The number of allylic oxidation sites excluding steroid dienone is 4. The summed E-state index contributed by atoms with van der Waals surface area (Å²) in [6.45, 7) is 1.94. The second-order valence-corrected chi connectivity index (χ2v) is 1.91. The fraction of sp³-hybridized carbons (Fsp3) is 0.286. The summed E-state index contributed by atoms with van der Waals surface area (Å²) in [7, 11) is 0. The molecular formula is C7H8F. The maximum atomic E-state index is 12.2. The van der Waals surface area contributed by atoms with Crippen LogP contribution in [0.4, 0.5) is 4.39 Å². The molecule has 0 saturated carbocycles. The Bertz CT molecular complexity index is 96.3. The highest BCUT2D eigenvalue weighted by Crippen LogP contribution is 2.11. The summed E-state index contributed by atoms with van der Waals surface area (Å²) in [5.74, 6) is 1.11. The highest BCUT2D eigenvalue weighted by atomic mass is 19.1. The van der Waals surface area contributed by atoms with Crippen molar-refractivity contribution in [2.45, 2.75) is 13.1 Å². The van der Waals surface area contributed by atoms with Gasteiger partial charge in [-0.25, -0.2) is 4.39 Å². The van der Waals surface area contributed by atoms with Crippen molar-refractivity contribution in [2.24, 2.45) is 0 Å². The molecule has 0 saturated heterocycles. The number of hydrogen-bond donors (Lipinski definition) is 0. The van der Waals surface area contributed by atoms with Crippen molar-refractivity contribution >= 4 is 0 Å². The molecule has 0 fully saturated rings. The molecule has 1 aliphatic carbocycles. The van der Waals surface area contributed by atoms with E-state index in [0.717, 1.165) is 5.92 Å². The molecule has 1 heteroatoms. The zero-order chi connectivity index (χ0) is 5.98. The molecular weight excluding hydrogens is 103 g/mol. The standard InChI is InChI=1S/C7H8F/c1-6-2-4-7(8)5-3-6/h2-5,7H,1H3. The normalized spacial score (nSPS) is 22.2. The van der Waals surface area contributed by atoms with Crippen molar-refractivity contribution in [1.29, 1.82) is 0 Å². The molecule has 0 spiro atoms. The summed E-state index contributed by atoms with van der Waals surface area (Å²) in [6.07, 6.45) is 5.78. The topological polar surface area (TPSA) is 0 Å². The Balaban J connectivity index is 2.54. The Morgan fingerprint density at radius 2 is 1.88 bits per heavy atom. The van der Waals surface area contributed by atoms with E-state index < -0.39 is 6.17 Å². The van der Waals surface area contributed by atoms with Crippen LogP contribution in [0.5, 0.6) is 0 Å². The molecule has 0 unspecified atom stereocenters. The summed E-state index contributed by atoms with van der Waals surface area (Å²) in [4.78, 5) is 0. The summed E-state index contributed by atoms with van der Waals surface area (Å²) in [5.41, 5.74) is 0. The second kappa shape index (κ2) is 2.12. The lowest BCUT2D eigenvalue weighted by Crippen LogP contribution is -1.95. The van der Waals surface area contributed by atoms with Crippen molar-refractivity contribution in [3.63, 3.8) is 0 Å². The Labute approximate surface area is 48.7 Å². The van der Waals surface area contributed by atoms with Crippen LogP contribution in [0.15, 0.2) is 24.3 Å². The van der Waals surface area contributed by atoms with Gasteiger partial charge in [-0.3, -0.25) is 0 Å². The lowest BCUT2D eigenvalue weighted by atomic mass is 10.1. The molecule has 0 heterocycles. The van der Waals surface area contributed by atoms with E-state index in [1.165, 1.54) is 12.2 Å². The largest absolute Gasteiger partial charge is 0.238 e. The van der Waals surface area contributed by atoms with Gasteiger partial charge in [0.2, 0.25) is 0 Å². The van der Waals surface area contributed by atoms with Crippen molar-refractivity contribution in [2.75, 3.05) is 0 Å². The summed E-state index contributed by atoms with van der Waals surface area (Å²) in [6, 6.07) is 0. The molecule has 0 aliphatic heterocycles. The number of rotatable bonds is 0. The predicted octanol–water partition coefficient (Wildman–Crippen LogP) is 2.04. The van der Waals surface area contributed by atoms with Gasteiger partial charge in [-0.1, -0.05) is 19.1 Å². The quantitative estimate of drug-likeness (QED) is 0.448. The van der Waals surface area contributed by atoms with Crippen LogP contribution in [0.2, 0.25) is 0 Å². The minimum atomic E-state index is -0.862. The van der Waals surface area contributed by atoms with Crippen LogP contribution in [0.25, 0.3) is 0 Å². The van der Waals surface area contributed by atoms with Crippen LogP contribution in [-0.4, -0.2) is 6.17 Å². The van der Waals surface area contributed by atoms with Gasteiger partial charge in [0, 0.05) is 5.92 Å². The first-order chi connectivity index (χ1) is 3.79. The maximum absolute atomic E-state index is 12.2. The van der Waals surface area contributed by atoms with Crippen LogP contribution in [0.1, 0.15) is 6.92 Å². The van der Waals surface area contributed by atoms with Crippen LogP contribution in [-0.2, 0) is 0 Å². The van der Waals surface area contributed by atoms with E-state index in [-0.39, 0.29) is 0 Å².